The van der Waals surface area contributed by atoms with Crippen molar-refractivity contribution in [1.29, 1.82) is 0 Å². The van der Waals surface area contributed by atoms with Crippen LogP contribution in [0.4, 0.5) is 0 Å². The lowest BCUT2D eigenvalue weighted by atomic mass is 9.97. The predicted molar refractivity (Wildman–Crippen MR) is 109 cm³/mol. The maximum absolute atomic E-state index is 13.3. The van der Waals surface area contributed by atoms with E-state index >= 15 is 0 Å². The molecule has 2 aliphatic carbocycles. The Hall–Kier alpha value is -1.38. The summed E-state index contributed by atoms with van der Waals surface area (Å²) in [6, 6.07) is 0.329. The number of nitrogens with one attached hydrogen (secondary N) is 1. The average Bonchev–Trinajstić information content (AvgIpc) is 3.38. The molecule has 0 aliphatic heterocycles. The Kier molecular flexibility index (Phi) is 5.57. The number of aryl methyl sites for hydroxylation is 2. The van der Waals surface area contributed by atoms with Gasteiger partial charge >= 0.3 is 0 Å². The van der Waals surface area contributed by atoms with Gasteiger partial charge in [0, 0.05) is 18.0 Å². The molecule has 1 amide bonds. The van der Waals surface area contributed by atoms with Crippen LogP contribution in [0.1, 0.15) is 43.0 Å². The van der Waals surface area contributed by atoms with Crippen molar-refractivity contribution < 1.29 is 9.53 Å². The first-order valence-corrected chi connectivity index (χ1v) is 11.3. The number of thioether (sulfide) groups is 1. The molecule has 27 heavy (non-hydrogen) atoms. The fraction of sp³-hybridized carbons (Fsp3) is 0.632. The summed E-state index contributed by atoms with van der Waals surface area (Å²) in [6.07, 6.45) is 6.43. The minimum absolute atomic E-state index is 0.00810. The molecular formula is C19H25N3O3S2. The number of fused-ring (bicyclic) bond motifs is 3. The lowest BCUT2D eigenvalue weighted by molar-refractivity contribution is -0.120. The normalized spacial score (nSPS) is 17.7. The molecule has 0 aromatic carbocycles. The first kappa shape index (κ1) is 19.0. The van der Waals surface area contributed by atoms with Gasteiger partial charge in [-0.05, 0) is 51.0 Å². The second-order valence-electron chi connectivity index (χ2n) is 7.28. The minimum atomic E-state index is -0.293. The predicted octanol–water partition coefficient (Wildman–Crippen LogP) is 2.74. The molecule has 2 heterocycles. The number of hydrogen-bond acceptors (Lipinski definition) is 6. The van der Waals surface area contributed by atoms with Gasteiger partial charge in [0.15, 0.2) is 5.16 Å². The van der Waals surface area contributed by atoms with Gasteiger partial charge in [-0.15, -0.1) is 11.3 Å². The summed E-state index contributed by atoms with van der Waals surface area (Å²) in [4.78, 5) is 32.6. The smallest absolute Gasteiger partial charge is 0.263 e. The average molecular weight is 408 g/mol. The van der Waals surface area contributed by atoms with Crippen LogP contribution in [0.2, 0.25) is 0 Å². The molecule has 0 spiro atoms. The summed E-state index contributed by atoms with van der Waals surface area (Å²) >= 11 is 3.01. The van der Waals surface area contributed by atoms with Crippen LogP contribution in [-0.4, -0.2) is 40.5 Å². The third kappa shape index (κ3) is 3.93. The molecule has 1 saturated carbocycles. The zero-order valence-electron chi connectivity index (χ0n) is 15.7. The van der Waals surface area contributed by atoms with Gasteiger partial charge < -0.3 is 10.1 Å². The number of ether oxygens (including phenoxy) is 1. The molecule has 2 aromatic rings. The first-order valence-electron chi connectivity index (χ1n) is 9.59. The van der Waals surface area contributed by atoms with Crippen LogP contribution in [0.25, 0.3) is 10.2 Å². The Balaban J connectivity index is 1.71. The monoisotopic (exact) mass is 407 g/mol. The number of amides is 1. The van der Waals surface area contributed by atoms with E-state index in [0.29, 0.717) is 24.3 Å². The van der Waals surface area contributed by atoms with E-state index in [2.05, 4.69) is 5.32 Å². The van der Waals surface area contributed by atoms with E-state index in [4.69, 9.17) is 9.72 Å². The number of aromatic nitrogens is 2. The molecule has 146 valence electrons. The fourth-order valence-electron chi connectivity index (χ4n) is 3.45. The van der Waals surface area contributed by atoms with E-state index in [1.54, 1.807) is 23.0 Å². The molecule has 1 atom stereocenters. The quantitative estimate of drug-likeness (QED) is 0.564. The van der Waals surface area contributed by atoms with Gasteiger partial charge in [0.2, 0.25) is 5.91 Å². The van der Waals surface area contributed by atoms with Crippen molar-refractivity contribution in [2.24, 2.45) is 0 Å². The molecule has 6 nitrogen and oxygen atoms in total. The number of rotatable bonds is 7. The van der Waals surface area contributed by atoms with Gasteiger partial charge in [0.1, 0.15) is 4.83 Å². The Morgan fingerprint density at radius 2 is 2.19 bits per heavy atom. The third-order valence-electron chi connectivity index (χ3n) is 5.13. The van der Waals surface area contributed by atoms with Gasteiger partial charge in [-0.2, -0.15) is 0 Å². The number of carbonyl (C=O) groups excluding carboxylic acids is 1. The molecule has 0 unspecified atom stereocenters. The summed E-state index contributed by atoms with van der Waals surface area (Å²) in [5.74, 6) is 0.0145. The fourth-order valence-corrected chi connectivity index (χ4v) is 5.69. The lowest BCUT2D eigenvalue weighted by Crippen LogP contribution is -2.33. The topological polar surface area (TPSA) is 73.2 Å². The van der Waals surface area contributed by atoms with E-state index in [1.165, 1.54) is 28.6 Å². The summed E-state index contributed by atoms with van der Waals surface area (Å²) in [7, 11) is 1.63. The van der Waals surface area contributed by atoms with E-state index in [9.17, 15) is 9.59 Å². The van der Waals surface area contributed by atoms with Crippen LogP contribution in [0.5, 0.6) is 0 Å². The van der Waals surface area contributed by atoms with Crippen molar-refractivity contribution >= 4 is 39.2 Å². The van der Waals surface area contributed by atoms with Gasteiger partial charge in [-0.3, -0.25) is 14.2 Å². The largest absolute Gasteiger partial charge is 0.383 e. The Morgan fingerprint density at radius 1 is 1.41 bits per heavy atom. The van der Waals surface area contributed by atoms with Crippen molar-refractivity contribution in [2.75, 3.05) is 13.7 Å². The second-order valence-corrected chi connectivity index (χ2v) is 9.67. The van der Waals surface area contributed by atoms with Gasteiger partial charge in [0.05, 0.1) is 23.8 Å². The van der Waals surface area contributed by atoms with E-state index in [0.717, 1.165) is 42.3 Å². The maximum atomic E-state index is 13.3. The van der Waals surface area contributed by atoms with E-state index in [1.807, 2.05) is 6.92 Å². The molecule has 8 heteroatoms. The Morgan fingerprint density at radius 3 is 2.93 bits per heavy atom. The molecule has 0 bridgehead atoms. The van der Waals surface area contributed by atoms with Gasteiger partial charge in [0.25, 0.3) is 5.56 Å². The molecule has 2 aliphatic rings. The van der Waals surface area contributed by atoms with Crippen LogP contribution in [-0.2, 0) is 28.9 Å². The SMILES string of the molecule is COCCn1c(S[C@@H](C)C(=O)NC2CC2)nc2sc3c(c2c1=O)CCCC3. The van der Waals surface area contributed by atoms with E-state index < -0.39 is 0 Å². The zero-order chi connectivity index (χ0) is 19.0. The van der Waals surface area contributed by atoms with Crippen LogP contribution >= 0.6 is 23.1 Å². The van der Waals surface area contributed by atoms with Crippen LogP contribution in [0, 0.1) is 0 Å². The van der Waals surface area contributed by atoms with Crippen LogP contribution in [0.15, 0.2) is 9.95 Å². The lowest BCUT2D eigenvalue weighted by Gasteiger charge is -2.16. The molecule has 2 aromatic heterocycles. The van der Waals surface area contributed by atoms with Gasteiger partial charge in [-0.25, -0.2) is 4.98 Å². The molecular weight excluding hydrogens is 382 g/mol. The number of methoxy groups -OCH3 is 1. The molecule has 0 radical (unpaired) electrons. The highest BCUT2D eigenvalue weighted by Crippen LogP contribution is 2.35. The summed E-state index contributed by atoms with van der Waals surface area (Å²) in [5, 5.41) is 4.13. The van der Waals surface area contributed by atoms with Crippen molar-refractivity contribution in [3.8, 4) is 0 Å². The highest BCUT2D eigenvalue weighted by molar-refractivity contribution is 8.00. The molecule has 0 saturated heterocycles. The second kappa shape index (κ2) is 7.93. The molecule has 4 rings (SSSR count). The molecule has 1 N–H and O–H groups in total. The van der Waals surface area contributed by atoms with Crippen LogP contribution in [0.3, 0.4) is 0 Å². The number of nitrogens with zero attached hydrogens (tertiary/aromatic N) is 2. The highest BCUT2D eigenvalue weighted by atomic mass is 32.2. The molecule has 1 fully saturated rings. The van der Waals surface area contributed by atoms with Crippen molar-refractivity contribution in [2.45, 2.75) is 68.4 Å². The number of carbonyl (C=O) groups is 1. The van der Waals surface area contributed by atoms with Crippen molar-refractivity contribution in [3.63, 3.8) is 0 Å². The summed E-state index contributed by atoms with van der Waals surface area (Å²) in [5.41, 5.74) is 1.20. The third-order valence-corrected chi connectivity index (χ3v) is 7.41. The van der Waals surface area contributed by atoms with Crippen molar-refractivity contribution in [1.82, 2.24) is 14.9 Å². The first-order chi connectivity index (χ1) is 13.1. The minimum Gasteiger partial charge on any atom is -0.383 e. The van der Waals surface area contributed by atoms with Gasteiger partial charge in [-0.1, -0.05) is 11.8 Å². The standard InChI is InChI=1S/C19H25N3O3S2/c1-11(16(23)20-12-7-8-12)26-19-21-17-15(18(24)22(19)9-10-25-2)13-5-3-4-6-14(13)27-17/h11-12H,3-10H2,1-2H3,(H,20,23)/t11-/m0/s1. The Bertz CT molecular complexity index is 917. The highest BCUT2D eigenvalue weighted by Gasteiger charge is 2.28. The van der Waals surface area contributed by atoms with Crippen LogP contribution < -0.4 is 10.9 Å². The number of thiophene rings is 1. The van der Waals surface area contributed by atoms with E-state index in [-0.39, 0.29) is 16.7 Å². The Labute approximate surface area is 166 Å². The number of hydrogen-bond donors (Lipinski definition) is 1. The summed E-state index contributed by atoms with van der Waals surface area (Å²) < 4.78 is 6.90. The maximum Gasteiger partial charge on any atom is 0.263 e. The van der Waals surface area contributed by atoms with Crippen molar-refractivity contribution in [3.05, 3.63) is 20.8 Å². The summed E-state index contributed by atoms with van der Waals surface area (Å²) in [6.45, 7) is 2.76. The zero-order valence-corrected chi connectivity index (χ0v) is 17.4.